The van der Waals surface area contributed by atoms with Gasteiger partial charge in [-0.3, -0.25) is 10.1 Å². The topological polar surface area (TPSA) is 73.6 Å². The SMILES string of the molecule is O=[N+]([O-])c1ccc(NCc2cc(Cl)c3c(c2)OCO3)cc1. The number of hydrogen-bond acceptors (Lipinski definition) is 5. The maximum atomic E-state index is 10.6. The summed E-state index contributed by atoms with van der Waals surface area (Å²) in [6, 6.07) is 9.88. The van der Waals surface area contributed by atoms with Crippen LogP contribution in [0.2, 0.25) is 5.02 Å². The maximum absolute atomic E-state index is 10.6. The molecule has 0 saturated carbocycles. The molecule has 1 aliphatic heterocycles. The van der Waals surface area contributed by atoms with E-state index in [9.17, 15) is 10.1 Å². The molecule has 1 aliphatic rings. The maximum Gasteiger partial charge on any atom is 0.269 e. The van der Waals surface area contributed by atoms with E-state index in [1.54, 1.807) is 18.2 Å². The highest BCUT2D eigenvalue weighted by molar-refractivity contribution is 6.32. The van der Waals surface area contributed by atoms with Gasteiger partial charge in [-0.1, -0.05) is 11.6 Å². The molecule has 0 spiro atoms. The van der Waals surface area contributed by atoms with Crippen LogP contribution in [0.3, 0.4) is 0 Å². The van der Waals surface area contributed by atoms with Gasteiger partial charge in [-0.25, -0.2) is 0 Å². The van der Waals surface area contributed by atoms with Gasteiger partial charge in [0.2, 0.25) is 6.79 Å². The fourth-order valence-corrected chi connectivity index (χ4v) is 2.32. The number of nitrogens with one attached hydrogen (secondary N) is 1. The summed E-state index contributed by atoms with van der Waals surface area (Å²) >= 11 is 6.10. The van der Waals surface area contributed by atoms with Gasteiger partial charge in [-0.2, -0.15) is 0 Å². The fraction of sp³-hybridized carbons (Fsp3) is 0.143. The Morgan fingerprint density at radius 1 is 1.24 bits per heavy atom. The van der Waals surface area contributed by atoms with Crippen molar-refractivity contribution in [3.8, 4) is 11.5 Å². The summed E-state index contributed by atoms with van der Waals surface area (Å²) in [4.78, 5) is 10.2. The normalized spacial score (nSPS) is 12.2. The van der Waals surface area contributed by atoms with Crippen LogP contribution in [0.15, 0.2) is 36.4 Å². The van der Waals surface area contributed by atoms with Crippen LogP contribution in [0.5, 0.6) is 11.5 Å². The second kappa shape index (κ2) is 5.49. The number of fused-ring (bicyclic) bond motifs is 1. The zero-order valence-corrected chi connectivity index (χ0v) is 11.6. The van der Waals surface area contributed by atoms with Crippen LogP contribution < -0.4 is 14.8 Å². The van der Waals surface area contributed by atoms with Crippen LogP contribution >= 0.6 is 11.6 Å². The van der Waals surface area contributed by atoms with Crippen molar-refractivity contribution in [1.29, 1.82) is 0 Å². The molecule has 7 heteroatoms. The monoisotopic (exact) mass is 306 g/mol. The number of rotatable bonds is 4. The van der Waals surface area contributed by atoms with Gasteiger partial charge < -0.3 is 14.8 Å². The molecule has 2 aromatic carbocycles. The molecule has 0 amide bonds. The van der Waals surface area contributed by atoms with E-state index in [0.717, 1.165) is 11.3 Å². The van der Waals surface area contributed by atoms with Gasteiger partial charge in [0.15, 0.2) is 11.5 Å². The second-order valence-corrected chi connectivity index (χ2v) is 4.88. The lowest BCUT2D eigenvalue weighted by Gasteiger charge is -2.08. The standard InChI is InChI=1S/C14H11ClN2O4/c15-12-5-9(6-13-14(12)21-8-20-13)7-16-10-1-3-11(4-2-10)17(18)19/h1-6,16H,7-8H2. The predicted molar refractivity (Wildman–Crippen MR) is 78.0 cm³/mol. The third kappa shape index (κ3) is 2.85. The summed E-state index contributed by atoms with van der Waals surface area (Å²) in [7, 11) is 0. The molecule has 0 fully saturated rings. The van der Waals surface area contributed by atoms with E-state index >= 15 is 0 Å². The van der Waals surface area contributed by atoms with Crippen molar-refractivity contribution in [1.82, 2.24) is 0 Å². The van der Waals surface area contributed by atoms with Crippen LogP contribution in [0, 0.1) is 10.1 Å². The fourth-order valence-electron chi connectivity index (χ4n) is 2.03. The van der Waals surface area contributed by atoms with E-state index in [1.165, 1.54) is 12.1 Å². The van der Waals surface area contributed by atoms with Crippen LogP contribution in [0.4, 0.5) is 11.4 Å². The molecule has 0 radical (unpaired) electrons. The lowest BCUT2D eigenvalue weighted by atomic mass is 10.2. The molecular formula is C14H11ClN2O4. The summed E-state index contributed by atoms with van der Waals surface area (Å²) in [5, 5.41) is 14.3. The van der Waals surface area contributed by atoms with Crippen molar-refractivity contribution in [2.45, 2.75) is 6.54 Å². The molecule has 2 aromatic rings. The number of anilines is 1. The number of hydrogen-bond donors (Lipinski definition) is 1. The predicted octanol–water partition coefficient (Wildman–Crippen LogP) is 3.59. The number of nitro benzene ring substituents is 1. The lowest BCUT2D eigenvalue weighted by molar-refractivity contribution is -0.384. The Balaban J connectivity index is 1.70. The first-order valence-corrected chi connectivity index (χ1v) is 6.57. The van der Waals surface area contributed by atoms with E-state index in [0.29, 0.717) is 23.1 Å². The first-order valence-electron chi connectivity index (χ1n) is 6.20. The van der Waals surface area contributed by atoms with E-state index in [-0.39, 0.29) is 12.5 Å². The number of nitro groups is 1. The summed E-state index contributed by atoms with van der Waals surface area (Å²) < 4.78 is 10.5. The average Bonchev–Trinajstić information content (AvgIpc) is 2.94. The molecular weight excluding hydrogens is 296 g/mol. The number of nitrogens with zero attached hydrogens (tertiary/aromatic N) is 1. The van der Waals surface area contributed by atoms with Crippen molar-refractivity contribution in [2.75, 3.05) is 12.1 Å². The molecule has 0 saturated heterocycles. The molecule has 0 bridgehead atoms. The minimum Gasteiger partial charge on any atom is -0.454 e. The Hall–Kier alpha value is -2.47. The zero-order chi connectivity index (χ0) is 14.8. The summed E-state index contributed by atoms with van der Waals surface area (Å²) in [5.41, 5.74) is 1.78. The summed E-state index contributed by atoms with van der Waals surface area (Å²) in [6.07, 6.45) is 0. The Labute approximate surface area is 125 Å². The molecule has 21 heavy (non-hydrogen) atoms. The third-order valence-electron chi connectivity index (χ3n) is 3.06. The Kier molecular flexibility index (Phi) is 3.53. The van der Waals surface area contributed by atoms with Gasteiger partial charge in [0.05, 0.1) is 9.95 Å². The van der Waals surface area contributed by atoms with Gasteiger partial charge in [0.1, 0.15) is 0 Å². The van der Waals surface area contributed by atoms with Gasteiger partial charge in [-0.15, -0.1) is 0 Å². The Morgan fingerprint density at radius 3 is 2.71 bits per heavy atom. The highest BCUT2D eigenvalue weighted by atomic mass is 35.5. The number of non-ortho nitro benzene ring substituents is 1. The van der Waals surface area contributed by atoms with E-state index in [1.807, 2.05) is 6.07 Å². The summed E-state index contributed by atoms with van der Waals surface area (Å²) in [5.74, 6) is 1.19. The molecule has 1 N–H and O–H groups in total. The van der Waals surface area contributed by atoms with Crippen LogP contribution in [-0.2, 0) is 6.54 Å². The number of halogens is 1. The minimum atomic E-state index is -0.429. The first-order chi connectivity index (χ1) is 10.1. The zero-order valence-electron chi connectivity index (χ0n) is 10.8. The van der Waals surface area contributed by atoms with Crippen LogP contribution in [0.1, 0.15) is 5.56 Å². The molecule has 0 aromatic heterocycles. The lowest BCUT2D eigenvalue weighted by Crippen LogP contribution is -1.99. The third-order valence-corrected chi connectivity index (χ3v) is 3.34. The Bertz CT molecular complexity index is 688. The Morgan fingerprint density at radius 2 is 2.00 bits per heavy atom. The van der Waals surface area contributed by atoms with Crippen molar-refractivity contribution < 1.29 is 14.4 Å². The average molecular weight is 307 g/mol. The smallest absolute Gasteiger partial charge is 0.269 e. The molecule has 108 valence electrons. The van der Waals surface area contributed by atoms with Gasteiger partial charge in [0, 0.05) is 24.4 Å². The highest BCUT2D eigenvalue weighted by Gasteiger charge is 2.18. The summed E-state index contributed by atoms with van der Waals surface area (Å²) in [6.45, 7) is 0.697. The van der Waals surface area contributed by atoms with E-state index < -0.39 is 4.92 Å². The van der Waals surface area contributed by atoms with Crippen LogP contribution in [-0.4, -0.2) is 11.7 Å². The molecule has 6 nitrogen and oxygen atoms in total. The minimum absolute atomic E-state index is 0.0617. The van der Waals surface area contributed by atoms with Crippen molar-refractivity contribution in [3.63, 3.8) is 0 Å². The van der Waals surface area contributed by atoms with Gasteiger partial charge >= 0.3 is 0 Å². The first kappa shape index (κ1) is 13.5. The highest BCUT2D eigenvalue weighted by Crippen LogP contribution is 2.39. The van der Waals surface area contributed by atoms with Crippen molar-refractivity contribution in [2.24, 2.45) is 0 Å². The molecule has 1 heterocycles. The quantitative estimate of drug-likeness (QED) is 0.690. The molecule has 0 unspecified atom stereocenters. The van der Waals surface area contributed by atoms with Crippen molar-refractivity contribution >= 4 is 23.0 Å². The van der Waals surface area contributed by atoms with Gasteiger partial charge in [-0.05, 0) is 29.8 Å². The largest absolute Gasteiger partial charge is 0.454 e. The number of ether oxygens (including phenoxy) is 2. The molecule has 3 rings (SSSR count). The molecule has 0 atom stereocenters. The van der Waals surface area contributed by atoms with Crippen LogP contribution in [0.25, 0.3) is 0 Å². The van der Waals surface area contributed by atoms with Crippen molar-refractivity contribution in [3.05, 3.63) is 57.1 Å². The van der Waals surface area contributed by atoms with Gasteiger partial charge in [0.25, 0.3) is 5.69 Å². The second-order valence-electron chi connectivity index (χ2n) is 4.47. The van der Waals surface area contributed by atoms with E-state index in [4.69, 9.17) is 21.1 Å². The molecule has 0 aliphatic carbocycles. The van der Waals surface area contributed by atoms with E-state index in [2.05, 4.69) is 5.32 Å². The number of benzene rings is 2.